The maximum Gasteiger partial charge on any atom is 0.310 e. The van der Waals surface area contributed by atoms with Crippen LogP contribution in [0.25, 0.3) is 0 Å². The van der Waals surface area contributed by atoms with Crippen LogP contribution in [0.5, 0.6) is 11.5 Å². The van der Waals surface area contributed by atoms with Gasteiger partial charge in [0.25, 0.3) is 0 Å². The van der Waals surface area contributed by atoms with Crippen molar-refractivity contribution in [2.24, 2.45) is 5.41 Å². The molecule has 1 unspecified atom stereocenters. The fourth-order valence-electron chi connectivity index (χ4n) is 3.01. The molecule has 1 aliphatic rings. The summed E-state index contributed by atoms with van der Waals surface area (Å²) in [4.78, 5) is 13.4. The molecule has 0 bridgehead atoms. The van der Waals surface area contributed by atoms with Gasteiger partial charge in [-0.2, -0.15) is 0 Å². The number of hydrogen-bond donors (Lipinski definition) is 1. The Bertz CT molecular complexity index is 758. The smallest absolute Gasteiger partial charge is 0.310 e. The van der Waals surface area contributed by atoms with Gasteiger partial charge >= 0.3 is 5.97 Å². The minimum atomic E-state index is -0.763. The number of carbonyl (C=O) groups is 1. The van der Waals surface area contributed by atoms with Crippen LogP contribution in [0, 0.1) is 17.0 Å². The topological polar surface area (TPSA) is 49.8 Å². The number of rotatable bonds is 5. The molecule has 1 aliphatic heterocycles. The van der Waals surface area contributed by atoms with Gasteiger partial charge in [-0.3, -0.25) is 9.69 Å². The Morgan fingerprint density at radius 1 is 1.16 bits per heavy atom. The molecule has 1 saturated heterocycles. The van der Waals surface area contributed by atoms with Gasteiger partial charge in [0, 0.05) is 31.3 Å². The molecule has 0 aromatic heterocycles. The van der Waals surface area contributed by atoms with Crippen molar-refractivity contribution in [2.45, 2.75) is 19.9 Å². The Balaban J connectivity index is 1.62. The normalized spacial score (nSPS) is 20.6. The fourth-order valence-corrected chi connectivity index (χ4v) is 3.01. The zero-order valence-corrected chi connectivity index (χ0v) is 13.8. The molecule has 3 rings (SSSR count). The number of halogens is 2. The third kappa shape index (κ3) is 4.14. The first-order chi connectivity index (χ1) is 11.8. The average molecular weight is 347 g/mol. The van der Waals surface area contributed by atoms with Gasteiger partial charge < -0.3 is 9.84 Å². The predicted molar refractivity (Wildman–Crippen MR) is 88.5 cm³/mol. The van der Waals surface area contributed by atoms with Crippen molar-refractivity contribution in [3.8, 4) is 11.5 Å². The Labute approximate surface area is 144 Å². The summed E-state index contributed by atoms with van der Waals surface area (Å²) in [5.74, 6) is -1.57. The molecule has 1 atom stereocenters. The van der Waals surface area contributed by atoms with Gasteiger partial charge in [-0.15, -0.1) is 0 Å². The van der Waals surface area contributed by atoms with Gasteiger partial charge in [-0.05, 0) is 37.6 Å². The van der Waals surface area contributed by atoms with Crippen molar-refractivity contribution in [1.82, 2.24) is 4.90 Å². The predicted octanol–water partition coefficient (Wildman–Crippen LogP) is 4.05. The van der Waals surface area contributed by atoms with Crippen LogP contribution in [0.2, 0.25) is 0 Å². The zero-order valence-electron chi connectivity index (χ0n) is 13.8. The van der Waals surface area contributed by atoms with Gasteiger partial charge in [0.15, 0.2) is 0 Å². The van der Waals surface area contributed by atoms with Crippen LogP contribution >= 0.6 is 0 Å². The number of nitrogens with zero attached hydrogens (tertiary/aromatic N) is 1. The molecular weight excluding hydrogens is 328 g/mol. The molecule has 2 aromatic carbocycles. The summed E-state index contributed by atoms with van der Waals surface area (Å²) in [7, 11) is 0. The maximum absolute atomic E-state index is 13.2. The zero-order chi connectivity index (χ0) is 18.0. The van der Waals surface area contributed by atoms with E-state index < -0.39 is 23.0 Å². The summed E-state index contributed by atoms with van der Waals surface area (Å²) in [5, 5.41) is 9.28. The van der Waals surface area contributed by atoms with Crippen LogP contribution in [-0.4, -0.2) is 29.1 Å². The molecule has 1 fully saturated rings. The van der Waals surface area contributed by atoms with Gasteiger partial charge in [0.2, 0.25) is 0 Å². The molecule has 0 radical (unpaired) electrons. The molecule has 4 nitrogen and oxygen atoms in total. The van der Waals surface area contributed by atoms with Gasteiger partial charge in [-0.25, -0.2) is 8.78 Å². The lowest BCUT2D eigenvalue weighted by atomic mass is 9.90. The minimum absolute atomic E-state index is 0.0991. The van der Waals surface area contributed by atoms with E-state index in [2.05, 4.69) is 4.90 Å². The summed E-state index contributed by atoms with van der Waals surface area (Å²) in [5.41, 5.74) is 0.331. The molecule has 132 valence electrons. The first kappa shape index (κ1) is 17.4. The Hall–Kier alpha value is -2.47. The Kier molecular flexibility index (Phi) is 4.72. The lowest BCUT2D eigenvalue weighted by molar-refractivity contribution is -0.147. The van der Waals surface area contributed by atoms with Gasteiger partial charge in [0.05, 0.1) is 5.41 Å². The van der Waals surface area contributed by atoms with Crippen LogP contribution in [0.15, 0.2) is 42.5 Å². The maximum atomic E-state index is 13.2. The van der Waals surface area contributed by atoms with E-state index in [1.165, 1.54) is 0 Å². The van der Waals surface area contributed by atoms with Gasteiger partial charge in [-0.1, -0.05) is 12.1 Å². The largest absolute Gasteiger partial charge is 0.481 e. The number of carboxylic acid groups (broad SMARTS) is 1. The molecule has 6 heteroatoms. The Morgan fingerprint density at radius 3 is 2.36 bits per heavy atom. The quantitative estimate of drug-likeness (QED) is 0.886. The molecule has 1 heterocycles. The van der Waals surface area contributed by atoms with E-state index in [1.807, 2.05) is 12.1 Å². The molecule has 25 heavy (non-hydrogen) atoms. The van der Waals surface area contributed by atoms with Crippen LogP contribution in [0.1, 0.15) is 18.9 Å². The van der Waals surface area contributed by atoms with E-state index in [4.69, 9.17) is 4.74 Å². The molecular formula is C19H19F2NO3. The molecule has 0 spiro atoms. The lowest BCUT2D eigenvalue weighted by Crippen LogP contribution is -2.31. The Morgan fingerprint density at radius 2 is 1.80 bits per heavy atom. The van der Waals surface area contributed by atoms with Crippen molar-refractivity contribution in [1.29, 1.82) is 0 Å². The summed E-state index contributed by atoms with van der Waals surface area (Å²) in [6.07, 6.45) is 0.634. The summed E-state index contributed by atoms with van der Waals surface area (Å²) in [6, 6.07) is 10.2. The third-order valence-electron chi connectivity index (χ3n) is 4.47. The highest BCUT2D eigenvalue weighted by atomic mass is 19.1. The van der Waals surface area contributed by atoms with E-state index in [1.54, 1.807) is 19.1 Å². The summed E-state index contributed by atoms with van der Waals surface area (Å²) >= 11 is 0. The highest BCUT2D eigenvalue weighted by Crippen LogP contribution is 2.31. The highest BCUT2D eigenvalue weighted by Gasteiger charge is 2.40. The number of likely N-dealkylation sites (tertiary alicyclic amines) is 1. The average Bonchev–Trinajstić information content (AvgIpc) is 2.91. The highest BCUT2D eigenvalue weighted by molar-refractivity contribution is 5.74. The standard InChI is InChI=1S/C19H19F2NO3/c1-19(18(23)24)6-7-22(12-19)11-13-2-4-16(5-3-13)25-17-9-14(20)8-15(21)10-17/h2-5,8-10H,6-7,11-12H2,1H3,(H,23,24). The van der Waals surface area contributed by atoms with Crippen molar-refractivity contribution in [2.75, 3.05) is 13.1 Å². The fraction of sp³-hybridized carbons (Fsp3) is 0.316. The van der Waals surface area contributed by atoms with E-state index in [0.29, 0.717) is 25.3 Å². The third-order valence-corrected chi connectivity index (χ3v) is 4.47. The van der Waals surface area contributed by atoms with Crippen molar-refractivity contribution in [3.05, 3.63) is 59.7 Å². The van der Waals surface area contributed by atoms with Gasteiger partial charge in [0.1, 0.15) is 23.1 Å². The van der Waals surface area contributed by atoms with Crippen LogP contribution in [0.4, 0.5) is 8.78 Å². The molecule has 0 saturated carbocycles. The number of aliphatic carboxylic acids is 1. The van der Waals surface area contributed by atoms with Crippen molar-refractivity contribution >= 4 is 5.97 Å². The lowest BCUT2D eigenvalue weighted by Gasteiger charge is -2.20. The van der Waals surface area contributed by atoms with E-state index in [-0.39, 0.29) is 5.75 Å². The molecule has 1 N–H and O–H groups in total. The second kappa shape index (κ2) is 6.80. The number of ether oxygens (including phenoxy) is 1. The molecule has 0 aliphatic carbocycles. The number of carboxylic acids is 1. The second-order valence-corrected chi connectivity index (χ2v) is 6.68. The first-order valence-corrected chi connectivity index (χ1v) is 8.03. The van der Waals surface area contributed by atoms with E-state index in [0.717, 1.165) is 30.3 Å². The SMILES string of the molecule is CC1(C(=O)O)CCN(Cc2ccc(Oc3cc(F)cc(F)c3)cc2)C1. The molecule has 0 amide bonds. The van der Waals surface area contributed by atoms with Crippen LogP contribution < -0.4 is 4.74 Å². The monoisotopic (exact) mass is 347 g/mol. The van der Waals surface area contributed by atoms with Crippen LogP contribution in [-0.2, 0) is 11.3 Å². The second-order valence-electron chi connectivity index (χ2n) is 6.68. The molecule has 2 aromatic rings. The number of hydrogen-bond acceptors (Lipinski definition) is 3. The number of benzene rings is 2. The van der Waals surface area contributed by atoms with Crippen molar-refractivity contribution < 1.29 is 23.4 Å². The van der Waals surface area contributed by atoms with Crippen LogP contribution in [0.3, 0.4) is 0 Å². The van der Waals surface area contributed by atoms with Crippen molar-refractivity contribution in [3.63, 3.8) is 0 Å². The van der Waals surface area contributed by atoms with E-state index >= 15 is 0 Å². The van der Waals surface area contributed by atoms with E-state index in [9.17, 15) is 18.7 Å². The minimum Gasteiger partial charge on any atom is -0.481 e. The summed E-state index contributed by atoms with van der Waals surface area (Å²) in [6.45, 7) is 3.68. The first-order valence-electron chi connectivity index (χ1n) is 8.03. The summed E-state index contributed by atoms with van der Waals surface area (Å²) < 4.78 is 31.8.